The summed E-state index contributed by atoms with van der Waals surface area (Å²) in [4.78, 5) is 15.2. The van der Waals surface area contributed by atoms with Crippen molar-refractivity contribution in [2.45, 2.75) is 18.4 Å². The van der Waals surface area contributed by atoms with E-state index < -0.39 is 5.60 Å². The van der Waals surface area contributed by atoms with Crippen LogP contribution in [-0.4, -0.2) is 39.6 Å². The van der Waals surface area contributed by atoms with Crippen molar-refractivity contribution in [2.75, 3.05) is 18.1 Å². The van der Waals surface area contributed by atoms with E-state index in [4.69, 9.17) is 0 Å². The second-order valence-corrected chi connectivity index (χ2v) is 6.51. The van der Waals surface area contributed by atoms with Crippen LogP contribution in [0.3, 0.4) is 0 Å². The standard InChI is InChI=1S/C15H18N2O2S/c18-14(16-10-15(19)5-7-20-8-6-15)13-9-11-3-1-2-4-12(11)17-13/h1-4,9,17,19H,5-8,10H2,(H,16,18). The maximum absolute atomic E-state index is 12.1. The molecule has 0 radical (unpaired) electrons. The first-order chi connectivity index (χ1) is 9.66. The van der Waals surface area contributed by atoms with E-state index in [1.165, 1.54) is 0 Å². The highest BCUT2D eigenvalue weighted by atomic mass is 32.2. The van der Waals surface area contributed by atoms with Crippen LogP contribution in [0, 0.1) is 0 Å². The average molecular weight is 290 g/mol. The van der Waals surface area contributed by atoms with Gasteiger partial charge in [-0.1, -0.05) is 18.2 Å². The monoisotopic (exact) mass is 290 g/mol. The lowest BCUT2D eigenvalue weighted by atomic mass is 9.97. The van der Waals surface area contributed by atoms with Crippen molar-refractivity contribution < 1.29 is 9.90 Å². The summed E-state index contributed by atoms with van der Waals surface area (Å²) in [5.41, 5.74) is 0.748. The lowest BCUT2D eigenvalue weighted by molar-refractivity contribution is 0.0310. The van der Waals surface area contributed by atoms with Crippen molar-refractivity contribution in [2.24, 2.45) is 0 Å². The maximum atomic E-state index is 12.1. The van der Waals surface area contributed by atoms with Crippen molar-refractivity contribution in [1.82, 2.24) is 10.3 Å². The second-order valence-electron chi connectivity index (χ2n) is 5.29. The molecule has 1 fully saturated rings. The van der Waals surface area contributed by atoms with E-state index in [9.17, 15) is 9.90 Å². The van der Waals surface area contributed by atoms with E-state index in [2.05, 4.69) is 10.3 Å². The number of benzene rings is 1. The quantitative estimate of drug-likeness (QED) is 0.811. The molecule has 1 amide bonds. The molecule has 0 atom stereocenters. The van der Waals surface area contributed by atoms with Crippen molar-refractivity contribution in [3.63, 3.8) is 0 Å². The van der Waals surface area contributed by atoms with Gasteiger partial charge in [0.1, 0.15) is 5.69 Å². The number of carbonyl (C=O) groups is 1. The lowest BCUT2D eigenvalue weighted by Gasteiger charge is -2.31. The molecule has 0 saturated carbocycles. The van der Waals surface area contributed by atoms with Gasteiger partial charge >= 0.3 is 0 Å². The number of amides is 1. The number of para-hydroxylation sites is 1. The number of aromatic nitrogens is 1. The van der Waals surface area contributed by atoms with Gasteiger partial charge in [-0.25, -0.2) is 0 Å². The Balaban J connectivity index is 1.66. The molecule has 0 bridgehead atoms. The summed E-state index contributed by atoms with van der Waals surface area (Å²) in [6.45, 7) is 0.321. The number of thioether (sulfide) groups is 1. The van der Waals surface area contributed by atoms with Crippen LogP contribution in [0.5, 0.6) is 0 Å². The number of carbonyl (C=O) groups excluding carboxylic acids is 1. The van der Waals surface area contributed by atoms with Crippen LogP contribution in [0.15, 0.2) is 30.3 Å². The molecule has 4 nitrogen and oxygen atoms in total. The zero-order valence-corrected chi connectivity index (χ0v) is 12.0. The van der Waals surface area contributed by atoms with Gasteiger partial charge in [-0.2, -0.15) is 11.8 Å². The molecule has 20 heavy (non-hydrogen) atoms. The van der Waals surface area contributed by atoms with Crippen LogP contribution < -0.4 is 5.32 Å². The minimum atomic E-state index is -0.743. The van der Waals surface area contributed by atoms with E-state index in [-0.39, 0.29) is 5.91 Å². The van der Waals surface area contributed by atoms with Crippen LogP contribution in [0.4, 0.5) is 0 Å². The third kappa shape index (κ3) is 2.83. The Labute approximate surface area is 121 Å². The third-order valence-corrected chi connectivity index (χ3v) is 4.76. The van der Waals surface area contributed by atoms with Crippen molar-refractivity contribution in [3.05, 3.63) is 36.0 Å². The Morgan fingerprint density at radius 1 is 1.35 bits per heavy atom. The second kappa shape index (κ2) is 5.50. The molecule has 0 aliphatic carbocycles. The molecule has 3 N–H and O–H groups in total. The summed E-state index contributed by atoms with van der Waals surface area (Å²) >= 11 is 1.85. The van der Waals surface area contributed by atoms with Gasteiger partial charge < -0.3 is 15.4 Å². The van der Waals surface area contributed by atoms with E-state index in [0.717, 1.165) is 35.3 Å². The number of rotatable bonds is 3. The van der Waals surface area contributed by atoms with Crippen LogP contribution in [0.1, 0.15) is 23.3 Å². The van der Waals surface area contributed by atoms with Crippen molar-refractivity contribution in [3.8, 4) is 0 Å². The fourth-order valence-corrected chi connectivity index (χ4v) is 3.72. The number of fused-ring (bicyclic) bond motifs is 1. The number of hydrogen-bond donors (Lipinski definition) is 3. The van der Waals surface area contributed by atoms with Gasteiger partial charge in [-0.15, -0.1) is 0 Å². The number of H-pyrrole nitrogens is 1. The molecule has 2 heterocycles. The van der Waals surface area contributed by atoms with Crippen molar-refractivity contribution in [1.29, 1.82) is 0 Å². The topological polar surface area (TPSA) is 65.1 Å². The van der Waals surface area contributed by atoms with Gasteiger partial charge in [0.25, 0.3) is 5.91 Å². The lowest BCUT2D eigenvalue weighted by Crippen LogP contribution is -2.45. The Morgan fingerprint density at radius 3 is 2.85 bits per heavy atom. The fourth-order valence-electron chi connectivity index (χ4n) is 2.46. The highest BCUT2D eigenvalue weighted by Gasteiger charge is 2.30. The molecule has 1 saturated heterocycles. The molecule has 2 aromatic rings. The van der Waals surface area contributed by atoms with E-state index in [0.29, 0.717) is 12.2 Å². The molecular formula is C15H18N2O2S. The van der Waals surface area contributed by atoms with Crippen LogP contribution in [0.2, 0.25) is 0 Å². The molecule has 0 spiro atoms. The average Bonchev–Trinajstić information content (AvgIpc) is 2.89. The van der Waals surface area contributed by atoms with E-state index in [1.54, 1.807) is 0 Å². The Hall–Kier alpha value is -1.46. The zero-order chi connectivity index (χ0) is 14.0. The first-order valence-electron chi connectivity index (χ1n) is 6.82. The van der Waals surface area contributed by atoms with Gasteiger partial charge in [0, 0.05) is 17.4 Å². The highest BCUT2D eigenvalue weighted by molar-refractivity contribution is 7.99. The van der Waals surface area contributed by atoms with Gasteiger partial charge in [0.05, 0.1) is 5.60 Å². The summed E-state index contributed by atoms with van der Waals surface area (Å²) in [5.74, 6) is 1.75. The highest BCUT2D eigenvalue weighted by Crippen LogP contribution is 2.26. The summed E-state index contributed by atoms with van der Waals surface area (Å²) in [7, 11) is 0. The van der Waals surface area contributed by atoms with Crippen LogP contribution in [-0.2, 0) is 0 Å². The molecular weight excluding hydrogens is 272 g/mol. The molecule has 5 heteroatoms. The summed E-state index contributed by atoms with van der Waals surface area (Å²) in [6, 6.07) is 9.63. The smallest absolute Gasteiger partial charge is 0.267 e. The largest absolute Gasteiger partial charge is 0.388 e. The molecule has 1 aromatic heterocycles. The van der Waals surface area contributed by atoms with Crippen molar-refractivity contribution >= 4 is 28.6 Å². The maximum Gasteiger partial charge on any atom is 0.267 e. The summed E-state index contributed by atoms with van der Waals surface area (Å²) in [5, 5.41) is 14.2. The van der Waals surface area contributed by atoms with Gasteiger partial charge in [-0.05, 0) is 36.5 Å². The summed E-state index contributed by atoms with van der Waals surface area (Å²) < 4.78 is 0. The fraction of sp³-hybridized carbons (Fsp3) is 0.400. The number of nitrogens with one attached hydrogen (secondary N) is 2. The number of aliphatic hydroxyl groups is 1. The third-order valence-electron chi connectivity index (χ3n) is 3.78. The van der Waals surface area contributed by atoms with Gasteiger partial charge in [-0.3, -0.25) is 4.79 Å². The van der Waals surface area contributed by atoms with Gasteiger partial charge in [0.2, 0.25) is 0 Å². The predicted molar refractivity (Wildman–Crippen MR) is 82.1 cm³/mol. The molecule has 106 valence electrons. The van der Waals surface area contributed by atoms with Crippen LogP contribution >= 0.6 is 11.8 Å². The predicted octanol–water partition coefficient (Wildman–Crippen LogP) is 2.16. The molecule has 1 aliphatic heterocycles. The zero-order valence-electron chi connectivity index (χ0n) is 11.2. The molecule has 1 aromatic carbocycles. The SMILES string of the molecule is O=C(NCC1(O)CCSCC1)c1cc2ccccc2[nH]1. The van der Waals surface area contributed by atoms with E-state index in [1.807, 2.05) is 42.1 Å². The Bertz CT molecular complexity index is 584. The molecule has 3 rings (SSSR count). The minimum absolute atomic E-state index is 0.159. The molecule has 1 aliphatic rings. The normalized spacial score (nSPS) is 18.1. The Morgan fingerprint density at radius 2 is 2.10 bits per heavy atom. The first-order valence-corrected chi connectivity index (χ1v) is 7.98. The number of hydrogen-bond acceptors (Lipinski definition) is 3. The minimum Gasteiger partial charge on any atom is -0.388 e. The first kappa shape index (κ1) is 13.5. The van der Waals surface area contributed by atoms with E-state index >= 15 is 0 Å². The van der Waals surface area contributed by atoms with Gasteiger partial charge in [0.15, 0.2) is 0 Å². The number of aromatic amines is 1. The Kier molecular flexibility index (Phi) is 3.72. The van der Waals surface area contributed by atoms with Crippen LogP contribution in [0.25, 0.3) is 10.9 Å². The molecule has 0 unspecified atom stereocenters. The summed E-state index contributed by atoms with van der Waals surface area (Å²) in [6.07, 6.45) is 1.48.